The van der Waals surface area contributed by atoms with Gasteiger partial charge in [0.1, 0.15) is 5.82 Å². The van der Waals surface area contributed by atoms with Crippen LogP contribution >= 0.6 is 0 Å². The van der Waals surface area contributed by atoms with Crippen molar-refractivity contribution < 1.29 is 0 Å². The van der Waals surface area contributed by atoms with Crippen LogP contribution in [0.1, 0.15) is 12.5 Å². The highest BCUT2D eigenvalue weighted by Crippen LogP contribution is 2.05. The molecule has 0 amide bonds. The molecule has 1 rings (SSSR count). The summed E-state index contributed by atoms with van der Waals surface area (Å²) in [6, 6.07) is 2.38. The Morgan fingerprint density at radius 2 is 2.21 bits per heavy atom. The molecule has 1 aromatic rings. The lowest BCUT2D eigenvalue weighted by atomic mass is 10.3. The van der Waals surface area contributed by atoms with Crippen molar-refractivity contribution in [2.24, 2.45) is 0 Å². The fourth-order valence-electron chi connectivity index (χ4n) is 1.38. The number of likely N-dealkylation sites (N-methyl/N-ethyl adjacent to an activating group) is 1. The summed E-state index contributed by atoms with van der Waals surface area (Å²) in [5.41, 5.74) is 1.12. The maximum atomic E-state index is 4.01. The van der Waals surface area contributed by atoms with Crippen molar-refractivity contribution in [3.05, 3.63) is 17.8 Å². The first-order chi connectivity index (χ1) is 6.58. The molecule has 1 unspecified atom stereocenters. The molecule has 78 valence electrons. The van der Waals surface area contributed by atoms with Gasteiger partial charge in [-0.1, -0.05) is 0 Å². The molecule has 0 saturated carbocycles. The first-order valence-electron chi connectivity index (χ1n) is 4.78. The van der Waals surface area contributed by atoms with Crippen LogP contribution in [0.25, 0.3) is 0 Å². The molecule has 1 aromatic heterocycles. The van der Waals surface area contributed by atoms with Crippen LogP contribution in [0.15, 0.2) is 12.3 Å². The van der Waals surface area contributed by atoms with Gasteiger partial charge in [0.15, 0.2) is 0 Å². The van der Waals surface area contributed by atoms with E-state index in [2.05, 4.69) is 41.4 Å². The van der Waals surface area contributed by atoms with Crippen molar-refractivity contribution >= 4 is 5.82 Å². The maximum absolute atomic E-state index is 4.01. The summed E-state index contributed by atoms with van der Waals surface area (Å²) in [6.07, 6.45) is 1.75. The number of nitrogens with zero attached hydrogens (tertiary/aromatic N) is 3. The first kappa shape index (κ1) is 10.9. The normalized spacial score (nSPS) is 12.9. The Labute approximate surface area is 85.3 Å². The Kier molecular flexibility index (Phi) is 3.83. The van der Waals surface area contributed by atoms with E-state index in [-0.39, 0.29) is 0 Å². The van der Waals surface area contributed by atoms with Crippen molar-refractivity contribution in [3.63, 3.8) is 0 Å². The molecule has 0 saturated heterocycles. The SMILES string of the molecule is Cc1cnnc(NC(C)CN(C)C)c1. The van der Waals surface area contributed by atoms with Crippen LogP contribution in [-0.2, 0) is 0 Å². The summed E-state index contributed by atoms with van der Waals surface area (Å²) in [7, 11) is 4.11. The topological polar surface area (TPSA) is 41.1 Å². The van der Waals surface area contributed by atoms with Gasteiger partial charge in [-0.15, -0.1) is 5.10 Å². The molecule has 0 aliphatic heterocycles. The second kappa shape index (κ2) is 4.91. The zero-order valence-corrected chi connectivity index (χ0v) is 9.28. The van der Waals surface area contributed by atoms with E-state index < -0.39 is 0 Å². The minimum absolute atomic E-state index is 0.376. The molecule has 0 aliphatic rings. The lowest BCUT2D eigenvalue weighted by molar-refractivity contribution is 0.391. The lowest BCUT2D eigenvalue weighted by Gasteiger charge is -2.18. The van der Waals surface area contributed by atoms with E-state index in [0.29, 0.717) is 6.04 Å². The van der Waals surface area contributed by atoms with E-state index in [1.807, 2.05) is 13.0 Å². The molecule has 0 aliphatic carbocycles. The number of anilines is 1. The minimum atomic E-state index is 0.376. The Balaban J connectivity index is 2.51. The average molecular weight is 194 g/mol. The van der Waals surface area contributed by atoms with Crippen LogP contribution in [0.5, 0.6) is 0 Å². The van der Waals surface area contributed by atoms with Gasteiger partial charge in [-0.25, -0.2) is 0 Å². The number of aryl methyl sites for hydroxylation is 1. The van der Waals surface area contributed by atoms with E-state index in [1.165, 1.54) is 0 Å². The molecule has 0 spiro atoms. The summed E-state index contributed by atoms with van der Waals surface area (Å²) in [6.45, 7) is 5.12. The Hall–Kier alpha value is -1.16. The van der Waals surface area contributed by atoms with E-state index in [4.69, 9.17) is 0 Å². The van der Waals surface area contributed by atoms with Crippen molar-refractivity contribution in [3.8, 4) is 0 Å². The molecule has 1 atom stereocenters. The highest BCUT2D eigenvalue weighted by Gasteiger charge is 2.04. The van der Waals surface area contributed by atoms with E-state index >= 15 is 0 Å². The molecule has 4 heteroatoms. The van der Waals surface area contributed by atoms with Crippen molar-refractivity contribution in [2.75, 3.05) is 26.0 Å². The molecule has 0 radical (unpaired) electrons. The fourth-order valence-corrected chi connectivity index (χ4v) is 1.38. The third-order valence-corrected chi connectivity index (χ3v) is 1.82. The number of nitrogens with one attached hydrogen (secondary N) is 1. The molecule has 4 nitrogen and oxygen atoms in total. The van der Waals surface area contributed by atoms with Crippen LogP contribution < -0.4 is 5.32 Å². The second-order valence-corrected chi connectivity index (χ2v) is 3.93. The fraction of sp³-hybridized carbons (Fsp3) is 0.600. The quantitative estimate of drug-likeness (QED) is 0.780. The third-order valence-electron chi connectivity index (χ3n) is 1.82. The number of hydrogen-bond acceptors (Lipinski definition) is 4. The van der Waals surface area contributed by atoms with E-state index in [0.717, 1.165) is 17.9 Å². The van der Waals surface area contributed by atoms with Crippen LogP contribution in [-0.4, -0.2) is 41.8 Å². The van der Waals surface area contributed by atoms with Gasteiger partial charge in [-0.05, 0) is 39.6 Å². The number of hydrogen-bond donors (Lipinski definition) is 1. The van der Waals surface area contributed by atoms with Gasteiger partial charge >= 0.3 is 0 Å². The summed E-state index contributed by atoms with van der Waals surface area (Å²) < 4.78 is 0. The van der Waals surface area contributed by atoms with Gasteiger partial charge in [0, 0.05) is 12.6 Å². The van der Waals surface area contributed by atoms with Crippen LogP contribution in [0.4, 0.5) is 5.82 Å². The maximum Gasteiger partial charge on any atom is 0.149 e. The highest BCUT2D eigenvalue weighted by atomic mass is 15.2. The van der Waals surface area contributed by atoms with Gasteiger partial charge in [0.05, 0.1) is 6.20 Å². The molecular formula is C10H18N4. The highest BCUT2D eigenvalue weighted by molar-refractivity contribution is 5.35. The van der Waals surface area contributed by atoms with E-state index in [9.17, 15) is 0 Å². The van der Waals surface area contributed by atoms with Crippen molar-refractivity contribution in [1.29, 1.82) is 0 Å². The molecule has 14 heavy (non-hydrogen) atoms. The molecule has 0 aromatic carbocycles. The summed E-state index contributed by atoms with van der Waals surface area (Å²) in [5, 5.41) is 11.2. The van der Waals surface area contributed by atoms with Crippen LogP contribution in [0.2, 0.25) is 0 Å². The lowest BCUT2D eigenvalue weighted by Crippen LogP contribution is -2.30. The minimum Gasteiger partial charge on any atom is -0.365 e. The van der Waals surface area contributed by atoms with Crippen molar-refractivity contribution in [1.82, 2.24) is 15.1 Å². The predicted octanol–water partition coefficient (Wildman–Crippen LogP) is 1.15. The van der Waals surface area contributed by atoms with Crippen molar-refractivity contribution in [2.45, 2.75) is 19.9 Å². The summed E-state index contributed by atoms with van der Waals surface area (Å²) in [4.78, 5) is 2.14. The van der Waals surface area contributed by atoms with Gasteiger partial charge in [0.25, 0.3) is 0 Å². The van der Waals surface area contributed by atoms with Gasteiger partial charge < -0.3 is 10.2 Å². The number of aromatic nitrogens is 2. The predicted molar refractivity (Wildman–Crippen MR) is 58.4 cm³/mol. The average Bonchev–Trinajstić information content (AvgIpc) is 2.01. The smallest absolute Gasteiger partial charge is 0.149 e. The standard InChI is InChI=1S/C10H18N4/c1-8-5-10(13-11-6-8)12-9(2)7-14(3)4/h5-6,9H,7H2,1-4H3,(H,12,13). The first-order valence-corrected chi connectivity index (χ1v) is 4.78. The monoisotopic (exact) mass is 194 g/mol. The molecule has 0 bridgehead atoms. The van der Waals surface area contributed by atoms with E-state index in [1.54, 1.807) is 6.20 Å². The summed E-state index contributed by atoms with van der Waals surface area (Å²) >= 11 is 0. The Bertz CT molecular complexity index is 285. The van der Waals surface area contributed by atoms with Gasteiger partial charge in [0.2, 0.25) is 0 Å². The zero-order valence-electron chi connectivity index (χ0n) is 9.28. The Morgan fingerprint density at radius 3 is 2.79 bits per heavy atom. The Morgan fingerprint density at radius 1 is 1.50 bits per heavy atom. The molecule has 1 N–H and O–H groups in total. The molecular weight excluding hydrogens is 176 g/mol. The zero-order chi connectivity index (χ0) is 10.6. The van der Waals surface area contributed by atoms with Crippen LogP contribution in [0.3, 0.4) is 0 Å². The summed E-state index contributed by atoms with van der Waals surface area (Å²) in [5.74, 6) is 0.847. The third kappa shape index (κ3) is 3.70. The molecule has 0 fully saturated rings. The van der Waals surface area contributed by atoms with Crippen LogP contribution in [0, 0.1) is 6.92 Å². The molecule has 1 heterocycles. The largest absolute Gasteiger partial charge is 0.365 e. The van der Waals surface area contributed by atoms with Gasteiger partial charge in [-0.2, -0.15) is 5.10 Å². The van der Waals surface area contributed by atoms with Gasteiger partial charge in [-0.3, -0.25) is 0 Å². The number of rotatable bonds is 4. The second-order valence-electron chi connectivity index (χ2n) is 3.93.